The molecule has 0 spiro atoms. The molecule has 0 aliphatic heterocycles. The number of hydrogen-bond acceptors (Lipinski definition) is 2. The van der Waals surface area contributed by atoms with Gasteiger partial charge in [-0.05, 0) is 25.8 Å². The zero-order valence-electron chi connectivity index (χ0n) is 11.1. The zero-order chi connectivity index (χ0) is 13.4. The average molecular weight is 244 g/mol. The first-order chi connectivity index (χ1) is 8.69. The van der Waals surface area contributed by atoms with Crippen LogP contribution in [0.25, 0.3) is 6.08 Å². The summed E-state index contributed by atoms with van der Waals surface area (Å²) in [5, 5.41) is 0. The first kappa shape index (κ1) is 14.2. The standard InChI is InChI=1S/C16H20O2/c1-4-9-15(16(17)18-5-2)13(3)12-14-10-7-6-8-11-14/h4,6-8,10-12,15H,1,5,9H2,2-3H3/b13-12-. The van der Waals surface area contributed by atoms with Crippen molar-refractivity contribution in [2.24, 2.45) is 5.92 Å². The number of rotatable bonds is 6. The molecule has 2 nitrogen and oxygen atoms in total. The molecular formula is C16H20O2. The molecule has 0 aliphatic rings. The molecule has 1 rings (SSSR count). The van der Waals surface area contributed by atoms with Crippen molar-refractivity contribution < 1.29 is 9.53 Å². The van der Waals surface area contributed by atoms with E-state index in [1.165, 1.54) is 0 Å². The van der Waals surface area contributed by atoms with Crippen molar-refractivity contribution in [2.45, 2.75) is 20.3 Å². The monoisotopic (exact) mass is 244 g/mol. The van der Waals surface area contributed by atoms with Gasteiger partial charge in [-0.2, -0.15) is 0 Å². The molecule has 0 heterocycles. The smallest absolute Gasteiger partial charge is 0.313 e. The quantitative estimate of drug-likeness (QED) is 0.561. The van der Waals surface area contributed by atoms with E-state index >= 15 is 0 Å². The van der Waals surface area contributed by atoms with Crippen molar-refractivity contribution in [3.8, 4) is 0 Å². The van der Waals surface area contributed by atoms with Crippen molar-refractivity contribution in [1.82, 2.24) is 0 Å². The molecule has 1 atom stereocenters. The first-order valence-electron chi connectivity index (χ1n) is 6.19. The van der Waals surface area contributed by atoms with Gasteiger partial charge in [-0.25, -0.2) is 0 Å². The Balaban J connectivity index is 2.88. The SMILES string of the molecule is C=CCC(C(=O)OCC)/C(C)=C\c1ccccc1. The van der Waals surface area contributed by atoms with Gasteiger partial charge < -0.3 is 4.74 Å². The molecule has 0 aromatic heterocycles. The molecule has 0 N–H and O–H groups in total. The zero-order valence-corrected chi connectivity index (χ0v) is 11.1. The minimum absolute atomic E-state index is 0.179. The van der Waals surface area contributed by atoms with E-state index in [4.69, 9.17) is 4.74 Å². The molecule has 0 bridgehead atoms. The first-order valence-corrected chi connectivity index (χ1v) is 6.19. The number of allylic oxidation sites excluding steroid dienone is 1. The van der Waals surface area contributed by atoms with Crippen LogP contribution in [0.3, 0.4) is 0 Å². The molecule has 0 saturated carbocycles. The van der Waals surface area contributed by atoms with Gasteiger partial charge in [-0.1, -0.05) is 48.1 Å². The van der Waals surface area contributed by atoms with Crippen LogP contribution in [0.15, 0.2) is 48.6 Å². The van der Waals surface area contributed by atoms with Crippen LogP contribution in [0.4, 0.5) is 0 Å². The Morgan fingerprint density at radius 1 is 1.39 bits per heavy atom. The summed E-state index contributed by atoms with van der Waals surface area (Å²) in [6, 6.07) is 9.95. The van der Waals surface area contributed by atoms with Gasteiger partial charge in [0.25, 0.3) is 0 Å². The van der Waals surface area contributed by atoms with Gasteiger partial charge in [0.2, 0.25) is 0 Å². The van der Waals surface area contributed by atoms with E-state index in [0.717, 1.165) is 11.1 Å². The highest BCUT2D eigenvalue weighted by Gasteiger charge is 2.19. The number of carbonyl (C=O) groups is 1. The molecule has 1 aromatic rings. The maximum atomic E-state index is 11.9. The van der Waals surface area contributed by atoms with Crippen molar-refractivity contribution in [3.63, 3.8) is 0 Å². The molecule has 0 aliphatic carbocycles. The van der Waals surface area contributed by atoms with Gasteiger partial charge >= 0.3 is 5.97 Å². The lowest BCUT2D eigenvalue weighted by Gasteiger charge is -2.14. The number of ether oxygens (including phenoxy) is 1. The number of hydrogen-bond donors (Lipinski definition) is 0. The third-order valence-electron chi connectivity index (χ3n) is 2.72. The highest BCUT2D eigenvalue weighted by atomic mass is 16.5. The Morgan fingerprint density at radius 2 is 2.06 bits per heavy atom. The lowest BCUT2D eigenvalue weighted by atomic mass is 9.95. The van der Waals surface area contributed by atoms with E-state index in [-0.39, 0.29) is 11.9 Å². The lowest BCUT2D eigenvalue weighted by Crippen LogP contribution is -2.18. The van der Waals surface area contributed by atoms with Crippen LogP contribution in [0.2, 0.25) is 0 Å². The molecule has 96 valence electrons. The van der Waals surface area contributed by atoms with Gasteiger partial charge in [0.1, 0.15) is 0 Å². The fourth-order valence-corrected chi connectivity index (χ4v) is 1.79. The maximum Gasteiger partial charge on any atom is 0.313 e. The Labute approximate surface area is 109 Å². The van der Waals surface area contributed by atoms with Crippen molar-refractivity contribution in [1.29, 1.82) is 0 Å². The predicted molar refractivity (Wildman–Crippen MR) is 75.0 cm³/mol. The molecule has 18 heavy (non-hydrogen) atoms. The third-order valence-corrected chi connectivity index (χ3v) is 2.72. The summed E-state index contributed by atoms with van der Waals surface area (Å²) in [7, 11) is 0. The summed E-state index contributed by atoms with van der Waals surface area (Å²) >= 11 is 0. The van der Waals surface area contributed by atoms with Crippen LogP contribution in [-0.2, 0) is 9.53 Å². The average Bonchev–Trinajstić information content (AvgIpc) is 2.37. The van der Waals surface area contributed by atoms with Crippen molar-refractivity contribution >= 4 is 12.0 Å². The highest BCUT2D eigenvalue weighted by molar-refractivity contribution is 5.78. The Kier molecular flexibility index (Phi) is 5.92. The number of benzene rings is 1. The molecule has 0 radical (unpaired) electrons. The topological polar surface area (TPSA) is 26.3 Å². The van der Waals surface area contributed by atoms with Gasteiger partial charge in [0, 0.05) is 0 Å². The molecular weight excluding hydrogens is 224 g/mol. The second kappa shape index (κ2) is 7.49. The van der Waals surface area contributed by atoms with Gasteiger partial charge in [0.15, 0.2) is 0 Å². The summed E-state index contributed by atoms with van der Waals surface area (Å²) in [4.78, 5) is 11.9. The molecule has 2 heteroatoms. The van der Waals surface area contributed by atoms with Crippen LogP contribution in [0, 0.1) is 5.92 Å². The van der Waals surface area contributed by atoms with E-state index in [9.17, 15) is 4.79 Å². The molecule has 1 aromatic carbocycles. The van der Waals surface area contributed by atoms with E-state index < -0.39 is 0 Å². The molecule has 0 amide bonds. The summed E-state index contributed by atoms with van der Waals surface area (Å²) in [5.41, 5.74) is 2.09. The van der Waals surface area contributed by atoms with Gasteiger partial charge in [-0.15, -0.1) is 6.58 Å². The normalized spacial score (nSPS) is 12.9. The van der Waals surface area contributed by atoms with Crippen LogP contribution in [0.5, 0.6) is 0 Å². The van der Waals surface area contributed by atoms with E-state index in [1.54, 1.807) is 6.08 Å². The van der Waals surface area contributed by atoms with E-state index in [2.05, 4.69) is 6.58 Å². The summed E-state index contributed by atoms with van der Waals surface area (Å²) in [6.07, 6.45) is 4.38. The summed E-state index contributed by atoms with van der Waals surface area (Å²) in [6.45, 7) is 7.88. The van der Waals surface area contributed by atoms with Crippen LogP contribution >= 0.6 is 0 Å². The summed E-state index contributed by atoms with van der Waals surface area (Å²) in [5.74, 6) is -0.412. The number of carbonyl (C=O) groups excluding carboxylic acids is 1. The molecule has 0 fully saturated rings. The third kappa shape index (κ3) is 4.21. The largest absolute Gasteiger partial charge is 0.466 e. The predicted octanol–water partition coefficient (Wildman–Crippen LogP) is 3.85. The van der Waals surface area contributed by atoms with E-state index in [1.807, 2.05) is 50.3 Å². The van der Waals surface area contributed by atoms with E-state index in [0.29, 0.717) is 13.0 Å². The van der Waals surface area contributed by atoms with Crippen LogP contribution in [0.1, 0.15) is 25.8 Å². The fraction of sp³-hybridized carbons (Fsp3) is 0.312. The Hall–Kier alpha value is -1.83. The van der Waals surface area contributed by atoms with Gasteiger partial charge in [0.05, 0.1) is 12.5 Å². The fourth-order valence-electron chi connectivity index (χ4n) is 1.79. The van der Waals surface area contributed by atoms with Gasteiger partial charge in [-0.3, -0.25) is 4.79 Å². The Bertz CT molecular complexity index is 418. The highest BCUT2D eigenvalue weighted by Crippen LogP contribution is 2.20. The van der Waals surface area contributed by atoms with Crippen molar-refractivity contribution in [2.75, 3.05) is 6.61 Å². The second-order valence-corrected chi connectivity index (χ2v) is 4.13. The van der Waals surface area contributed by atoms with Crippen molar-refractivity contribution in [3.05, 3.63) is 54.1 Å². The van der Waals surface area contributed by atoms with Crippen LogP contribution < -0.4 is 0 Å². The maximum absolute atomic E-state index is 11.9. The molecule has 0 saturated heterocycles. The lowest BCUT2D eigenvalue weighted by molar-refractivity contribution is -0.146. The minimum atomic E-state index is -0.234. The number of esters is 1. The Morgan fingerprint density at radius 3 is 2.61 bits per heavy atom. The molecule has 1 unspecified atom stereocenters. The second-order valence-electron chi connectivity index (χ2n) is 4.13. The van der Waals surface area contributed by atoms with Crippen LogP contribution in [-0.4, -0.2) is 12.6 Å². The minimum Gasteiger partial charge on any atom is -0.466 e. The summed E-state index contributed by atoms with van der Waals surface area (Å²) < 4.78 is 5.09.